The molecule has 7 rings (SSSR count). The number of amides is 12. The number of H-pyrrole nitrogens is 1. The average Bonchev–Trinajstić information content (AvgIpc) is 1.62. The van der Waals surface area contributed by atoms with E-state index in [0.29, 0.717) is 60.6 Å². The number of primary amides is 1. The summed E-state index contributed by atoms with van der Waals surface area (Å²) < 4.78 is 0. The van der Waals surface area contributed by atoms with Gasteiger partial charge in [-0.25, -0.2) is 0 Å². The van der Waals surface area contributed by atoms with Crippen LogP contribution in [0.25, 0.3) is 10.9 Å². The van der Waals surface area contributed by atoms with Gasteiger partial charge < -0.3 is 101 Å². The Bertz CT molecular complexity index is 4000. The second-order valence-electron chi connectivity index (χ2n) is 27.5. The van der Waals surface area contributed by atoms with Gasteiger partial charge in [0.25, 0.3) is 0 Å². The molecule has 3 aromatic carbocycles. The lowest BCUT2D eigenvalue weighted by Gasteiger charge is -2.31. The Balaban J connectivity index is 1.29. The van der Waals surface area contributed by atoms with E-state index in [-0.39, 0.29) is 73.9 Å². The smallest absolute Gasteiger partial charge is 0.303 e. The van der Waals surface area contributed by atoms with Crippen LogP contribution in [0.3, 0.4) is 0 Å². The minimum Gasteiger partial charge on any atom is -0.508 e. The number of carbonyl (C=O) groups excluding carboxylic acids is 12. The van der Waals surface area contributed by atoms with E-state index >= 15 is 19.2 Å². The normalized spacial score (nSPS) is 22.1. The van der Waals surface area contributed by atoms with Crippen LogP contribution < -0.4 is 75.7 Å². The molecule has 1 aromatic heterocycles. The Labute approximate surface area is 642 Å². The molecule has 1 saturated heterocycles. The number of carbonyl (C=O) groups is 14. The van der Waals surface area contributed by atoms with Gasteiger partial charge in [0.05, 0.1) is 18.2 Å². The molecule has 12 amide bonds. The number of nitrogens with zero attached hydrogens (tertiary/aromatic N) is 2. The standard InChI is InChI=1S/C73H98N18O17S2/c1-40(75)31-60(95)91(46-15-6-7-16-46)37-59(94)83-53(32-41-20-22-47(92)23-21-41)68(104)89-57-39-110-109-38-56(64(76)100)88-67(103)52(25-27-62(98)99)85-70(106)55(34-45-36-81-49-18-9-8-17-48(45)49)86-66(102)51(24-26-61(96)97)82-58(93)28-30-79-65(101)50(19-10-29-80-73(77)78)84-69(105)54(33-43-13-4-5-14-44(43)35-74)87-72(108)63(90-71(57)107)42-11-2-3-12-42/h4-5,8-9,13-14,17-18,20-23,36,40,42,46,50-57,63,81,92H,2-3,6-7,10-12,15-16,19,24-34,37-39,75H2,1H3,(H2,76,100)(H,79,101)(H,82,93)(H,83,94)(H,84,105)(H,85,106)(H,86,102)(H,87,108)(H,88,103)(H,89,104)(H,90,107)(H,96,97)(H,98,99)(H4,77,78,80)/t40-,50+,51+,52+,53+,54+,55+,56+,57+,63+/m1/s1. The number of phenolic OH excluding ortho intramolecular Hbond substituents is 1. The topological polar surface area (TPSA) is 577 Å². The van der Waals surface area contributed by atoms with Crippen LogP contribution in [-0.4, -0.2) is 212 Å². The highest BCUT2D eigenvalue weighted by molar-refractivity contribution is 8.76. The molecule has 0 unspecified atom stereocenters. The summed E-state index contributed by atoms with van der Waals surface area (Å²) in [6.07, 6.45) is 2.09. The summed E-state index contributed by atoms with van der Waals surface area (Å²) in [5.74, 6) is -15.9. The van der Waals surface area contributed by atoms with Crippen molar-refractivity contribution in [1.82, 2.24) is 68.4 Å². The highest BCUT2D eigenvalue weighted by atomic mass is 33.1. The number of nitrogens with one attached hydrogen (secondary N) is 13. The van der Waals surface area contributed by atoms with Crippen LogP contribution >= 0.6 is 21.6 Å². The molecular weight excluding hydrogens is 1470 g/mol. The fraction of sp³-hybridized carbons (Fsp3) is 0.507. The zero-order valence-electron chi connectivity index (χ0n) is 60.9. The van der Waals surface area contributed by atoms with Gasteiger partial charge in [-0.2, -0.15) is 5.26 Å². The molecule has 594 valence electrons. The van der Waals surface area contributed by atoms with Gasteiger partial charge in [0.15, 0.2) is 5.96 Å². The van der Waals surface area contributed by atoms with E-state index < -0.39 is 206 Å². The number of nitrogens with two attached hydrogens (primary N) is 3. The molecule has 0 spiro atoms. The monoisotopic (exact) mass is 1560 g/mol. The minimum absolute atomic E-state index is 0.0250. The molecule has 3 fully saturated rings. The lowest BCUT2D eigenvalue weighted by atomic mass is 9.95. The number of nitriles is 1. The van der Waals surface area contributed by atoms with Gasteiger partial charge in [-0.3, -0.25) is 72.5 Å². The van der Waals surface area contributed by atoms with Crippen molar-refractivity contribution >= 4 is 121 Å². The third-order valence-electron chi connectivity index (χ3n) is 19.0. The number of hydrogen-bond acceptors (Lipinski definition) is 20. The highest BCUT2D eigenvalue weighted by Gasteiger charge is 2.40. The van der Waals surface area contributed by atoms with Crippen molar-refractivity contribution in [2.24, 2.45) is 23.1 Å². The first-order chi connectivity index (χ1) is 52.5. The minimum atomic E-state index is -1.77. The molecular formula is C73H98N18O17S2. The fourth-order valence-corrected chi connectivity index (χ4v) is 15.5. The molecule has 10 atom stereocenters. The molecule has 2 aliphatic carbocycles. The van der Waals surface area contributed by atoms with Crippen LogP contribution in [0, 0.1) is 22.7 Å². The Hall–Kier alpha value is -11.0. The number of carboxylic acids is 2. The Morgan fingerprint density at radius 2 is 1.25 bits per heavy atom. The van der Waals surface area contributed by atoms with E-state index in [4.69, 9.17) is 22.6 Å². The molecule has 0 radical (unpaired) electrons. The number of aromatic amines is 1. The van der Waals surface area contributed by atoms with Gasteiger partial charge in [-0.05, 0) is 105 Å². The molecule has 37 heteroatoms. The molecule has 2 heterocycles. The zero-order valence-corrected chi connectivity index (χ0v) is 62.5. The second-order valence-corrected chi connectivity index (χ2v) is 30.1. The predicted molar refractivity (Wildman–Crippen MR) is 405 cm³/mol. The molecule has 22 N–H and O–H groups in total. The van der Waals surface area contributed by atoms with Gasteiger partial charge in [-0.1, -0.05) is 95.8 Å². The lowest BCUT2D eigenvalue weighted by Crippen LogP contribution is -2.61. The number of benzene rings is 3. The summed E-state index contributed by atoms with van der Waals surface area (Å²) in [6, 6.07) is 5.57. The van der Waals surface area contributed by atoms with Crippen LogP contribution in [0.4, 0.5) is 0 Å². The molecule has 0 bridgehead atoms. The first-order valence-corrected chi connectivity index (χ1v) is 38.9. The summed E-state index contributed by atoms with van der Waals surface area (Å²) in [5, 5.41) is 77.3. The quantitative estimate of drug-likeness (QED) is 0.0159. The number of guanidine groups is 1. The summed E-state index contributed by atoms with van der Waals surface area (Å²) in [5.41, 5.74) is 19.4. The first kappa shape index (κ1) is 86.2. The van der Waals surface area contributed by atoms with Crippen LogP contribution in [0.5, 0.6) is 5.75 Å². The number of aliphatic carboxylic acids is 2. The van der Waals surface area contributed by atoms with Crippen LogP contribution in [-0.2, 0) is 86.4 Å². The Morgan fingerprint density at radius 1 is 0.673 bits per heavy atom. The van der Waals surface area contributed by atoms with Crippen molar-refractivity contribution in [1.29, 1.82) is 10.7 Å². The highest BCUT2D eigenvalue weighted by Crippen LogP contribution is 2.30. The number of rotatable bonds is 26. The summed E-state index contributed by atoms with van der Waals surface area (Å²) >= 11 is 0. The number of hydrogen-bond donors (Lipinski definition) is 19. The van der Waals surface area contributed by atoms with Gasteiger partial charge >= 0.3 is 11.9 Å². The Kier molecular flexibility index (Phi) is 33.9. The molecule has 4 aromatic rings. The van der Waals surface area contributed by atoms with Crippen molar-refractivity contribution in [2.45, 2.75) is 195 Å². The molecule has 110 heavy (non-hydrogen) atoms. The fourth-order valence-electron chi connectivity index (χ4n) is 13.2. The van der Waals surface area contributed by atoms with E-state index in [1.807, 2.05) is 0 Å². The maximum Gasteiger partial charge on any atom is 0.303 e. The second kappa shape index (κ2) is 43.3. The SMILES string of the molecule is C[C@@H](N)CC(=O)N(CC(=O)N[C@@H](Cc1ccc(O)cc1)C(=O)N[C@H]1CSSC[C@@H](C(N)=O)NC(=O)[C@H](CCC(=O)O)NC(=O)[C@H](Cc2c[nH]c3ccccc23)NC(=O)[C@H](CCC(=O)O)NC(=O)CCNC(=O)[C@H](CCCNC(=N)N)NC(=O)[C@H](Cc2ccccc2C#N)NC(=O)[C@H](C2CCCC2)NC1=O)C1CCCC1. The number of fused-ring (bicyclic) bond motifs is 1. The molecule has 2 saturated carbocycles. The van der Waals surface area contributed by atoms with E-state index in [1.54, 1.807) is 55.6 Å². The summed E-state index contributed by atoms with van der Waals surface area (Å²) in [7, 11) is 1.71. The predicted octanol–water partition coefficient (Wildman–Crippen LogP) is -0.786. The van der Waals surface area contributed by atoms with Crippen molar-refractivity contribution in [3.05, 3.63) is 101 Å². The van der Waals surface area contributed by atoms with Gasteiger partial charge in [-0.15, -0.1) is 0 Å². The molecule has 1 aliphatic heterocycles. The number of aromatic hydroxyl groups is 1. The first-order valence-electron chi connectivity index (χ1n) is 36.5. The molecule has 35 nitrogen and oxygen atoms in total. The van der Waals surface area contributed by atoms with E-state index in [2.05, 4.69) is 69.5 Å². The zero-order chi connectivity index (χ0) is 80.0. The third-order valence-corrected chi connectivity index (χ3v) is 21.4. The number of carboxylic acid groups (broad SMARTS) is 2. The number of para-hydroxylation sites is 1. The van der Waals surface area contributed by atoms with E-state index in [1.165, 1.54) is 35.2 Å². The van der Waals surface area contributed by atoms with Crippen LogP contribution in [0.2, 0.25) is 0 Å². The van der Waals surface area contributed by atoms with Crippen molar-refractivity contribution in [3.63, 3.8) is 0 Å². The third kappa shape index (κ3) is 27.6. The average molecular weight is 1560 g/mol. The van der Waals surface area contributed by atoms with Crippen molar-refractivity contribution in [2.75, 3.05) is 31.1 Å². The van der Waals surface area contributed by atoms with Gasteiger partial charge in [0.2, 0.25) is 70.9 Å². The summed E-state index contributed by atoms with van der Waals surface area (Å²) in [6.45, 7) is 0.735. The summed E-state index contributed by atoms with van der Waals surface area (Å²) in [4.78, 5) is 203. The van der Waals surface area contributed by atoms with Crippen LogP contribution in [0.15, 0.2) is 79.0 Å². The maximum atomic E-state index is 15.4. The van der Waals surface area contributed by atoms with Gasteiger partial charge in [0, 0.05) is 98.7 Å². The number of phenols is 1. The van der Waals surface area contributed by atoms with Crippen molar-refractivity contribution < 1.29 is 82.4 Å². The number of aromatic nitrogens is 1. The maximum absolute atomic E-state index is 15.4. The van der Waals surface area contributed by atoms with Crippen molar-refractivity contribution in [3.8, 4) is 11.8 Å². The van der Waals surface area contributed by atoms with Gasteiger partial charge in [0.1, 0.15) is 60.1 Å². The molecule has 3 aliphatic rings. The largest absolute Gasteiger partial charge is 0.508 e. The van der Waals surface area contributed by atoms with Crippen LogP contribution in [0.1, 0.15) is 132 Å². The van der Waals surface area contributed by atoms with E-state index in [0.717, 1.165) is 34.4 Å². The van der Waals surface area contributed by atoms with E-state index in [9.17, 15) is 68.5 Å². The lowest BCUT2D eigenvalue weighted by molar-refractivity contribution is -0.139. The Morgan fingerprint density at radius 3 is 1.88 bits per heavy atom.